The van der Waals surface area contributed by atoms with E-state index < -0.39 is 24.9 Å². The van der Waals surface area contributed by atoms with Crippen LogP contribution in [0.15, 0.2) is 60.7 Å². The first-order valence-electron chi connectivity index (χ1n) is 7.55. The Hall–Kier alpha value is -2.31. The summed E-state index contributed by atoms with van der Waals surface area (Å²) in [6.45, 7) is -0.688. The molecule has 3 aromatic rings. The van der Waals surface area contributed by atoms with E-state index in [1.807, 2.05) is 0 Å². The highest BCUT2D eigenvalue weighted by Crippen LogP contribution is 2.24. The van der Waals surface area contributed by atoms with Gasteiger partial charge in [0.25, 0.3) is 0 Å². The SMILES string of the molecule is O=CC(O)C(O)C(O)CO.c1ccc2c(c1)ccc1ccccc12. The highest BCUT2D eigenvalue weighted by atomic mass is 16.4. The Morgan fingerprint density at radius 1 is 0.792 bits per heavy atom. The first kappa shape index (κ1) is 18.0. The number of hydrogen-bond acceptors (Lipinski definition) is 5. The number of carbonyl (C=O) groups excluding carboxylic acids is 1. The lowest BCUT2D eigenvalue weighted by molar-refractivity contribution is -0.127. The zero-order valence-corrected chi connectivity index (χ0v) is 13.0. The summed E-state index contributed by atoms with van der Waals surface area (Å²) in [7, 11) is 0. The zero-order valence-electron chi connectivity index (χ0n) is 13.0. The van der Waals surface area contributed by atoms with Crippen LogP contribution in [0.2, 0.25) is 0 Å². The van der Waals surface area contributed by atoms with Crippen LogP contribution in [0.25, 0.3) is 21.5 Å². The number of hydrogen-bond donors (Lipinski definition) is 4. The van der Waals surface area contributed by atoms with Crippen molar-refractivity contribution in [3.05, 3.63) is 60.7 Å². The van der Waals surface area contributed by atoms with Gasteiger partial charge in [-0.05, 0) is 21.5 Å². The third-order valence-electron chi connectivity index (χ3n) is 3.72. The van der Waals surface area contributed by atoms with Crippen molar-refractivity contribution < 1.29 is 25.2 Å². The van der Waals surface area contributed by atoms with Crippen molar-refractivity contribution in [2.75, 3.05) is 6.61 Å². The van der Waals surface area contributed by atoms with E-state index in [1.165, 1.54) is 21.5 Å². The van der Waals surface area contributed by atoms with Crippen molar-refractivity contribution in [2.45, 2.75) is 18.3 Å². The summed E-state index contributed by atoms with van der Waals surface area (Å²) in [5.41, 5.74) is 0. The zero-order chi connectivity index (χ0) is 17.5. The monoisotopic (exact) mass is 328 g/mol. The minimum atomic E-state index is -1.64. The van der Waals surface area contributed by atoms with E-state index in [-0.39, 0.29) is 6.29 Å². The molecule has 3 aromatic carbocycles. The molecule has 4 N–H and O–H groups in total. The van der Waals surface area contributed by atoms with Gasteiger partial charge in [0.05, 0.1) is 6.61 Å². The Kier molecular flexibility index (Phi) is 6.40. The van der Waals surface area contributed by atoms with Gasteiger partial charge in [0.2, 0.25) is 0 Å². The fourth-order valence-corrected chi connectivity index (χ4v) is 2.37. The Labute approximate surface area is 139 Å². The van der Waals surface area contributed by atoms with Crippen molar-refractivity contribution in [1.82, 2.24) is 0 Å². The summed E-state index contributed by atoms with van der Waals surface area (Å²) in [5.74, 6) is 0. The minimum absolute atomic E-state index is 0.0869. The van der Waals surface area contributed by atoms with Gasteiger partial charge in [-0.2, -0.15) is 0 Å². The Bertz CT molecular complexity index is 747. The van der Waals surface area contributed by atoms with E-state index in [0.717, 1.165) is 0 Å². The maximum Gasteiger partial charge on any atom is 0.151 e. The number of aliphatic hydroxyl groups is 4. The highest BCUT2D eigenvalue weighted by Gasteiger charge is 2.22. The van der Waals surface area contributed by atoms with Crippen LogP contribution < -0.4 is 0 Å². The van der Waals surface area contributed by atoms with Crippen LogP contribution in [0.1, 0.15) is 0 Å². The Morgan fingerprint density at radius 2 is 1.25 bits per heavy atom. The van der Waals surface area contributed by atoms with Gasteiger partial charge in [-0.15, -0.1) is 0 Å². The molecule has 0 aliphatic rings. The van der Waals surface area contributed by atoms with E-state index in [4.69, 9.17) is 20.4 Å². The molecule has 0 fully saturated rings. The largest absolute Gasteiger partial charge is 0.394 e. The van der Waals surface area contributed by atoms with E-state index in [2.05, 4.69) is 60.7 Å². The second kappa shape index (κ2) is 8.52. The van der Waals surface area contributed by atoms with Crippen LogP contribution in [-0.2, 0) is 4.79 Å². The average Bonchev–Trinajstić information content (AvgIpc) is 2.66. The molecule has 0 radical (unpaired) electrons. The number of rotatable bonds is 4. The molecule has 126 valence electrons. The first-order chi connectivity index (χ1) is 11.6. The molecular formula is C19H20O5. The molecule has 0 aliphatic heterocycles. The first-order valence-corrected chi connectivity index (χ1v) is 7.55. The van der Waals surface area contributed by atoms with Crippen LogP contribution in [-0.4, -0.2) is 51.6 Å². The van der Waals surface area contributed by atoms with Gasteiger partial charge in [0.15, 0.2) is 6.29 Å². The third-order valence-corrected chi connectivity index (χ3v) is 3.72. The fraction of sp³-hybridized carbons (Fsp3) is 0.211. The van der Waals surface area contributed by atoms with E-state index in [1.54, 1.807) is 0 Å². The normalized spacial score (nSPS) is 14.5. The molecule has 3 atom stereocenters. The number of carbonyl (C=O) groups is 1. The Morgan fingerprint density at radius 3 is 1.67 bits per heavy atom. The van der Waals surface area contributed by atoms with E-state index in [0.29, 0.717) is 0 Å². The van der Waals surface area contributed by atoms with Gasteiger partial charge in [-0.1, -0.05) is 60.7 Å². The maximum atomic E-state index is 9.76. The summed E-state index contributed by atoms with van der Waals surface area (Å²) in [4.78, 5) is 9.76. The fourth-order valence-electron chi connectivity index (χ4n) is 2.37. The molecule has 3 unspecified atom stereocenters. The predicted octanol–water partition coefficient (Wildman–Crippen LogP) is 1.25. The molecule has 0 bridgehead atoms. The lowest BCUT2D eigenvalue weighted by Crippen LogP contribution is -2.40. The summed E-state index contributed by atoms with van der Waals surface area (Å²) in [5, 5.41) is 39.4. The van der Waals surface area contributed by atoms with Gasteiger partial charge >= 0.3 is 0 Å². The van der Waals surface area contributed by atoms with Crippen molar-refractivity contribution in [3.8, 4) is 0 Å². The second-order valence-corrected chi connectivity index (χ2v) is 5.38. The molecule has 0 saturated carbocycles. The van der Waals surface area contributed by atoms with E-state index >= 15 is 0 Å². The smallest absolute Gasteiger partial charge is 0.151 e. The molecule has 0 amide bonds. The molecule has 24 heavy (non-hydrogen) atoms. The molecule has 5 heteroatoms. The topological polar surface area (TPSA) is 98.0 Å². The van der Waals surface area contributed by atoms with Crippen molar-refractivity contribution in [3.63, 3.8) is 0 Å². The van der Waals surface area contributed by atoms with Crippen molar-refractivity contribution >= 4 is 27.8 Å². The summed E-state index contributed by atoms with van der Waals surface area (Å²) in [6, 6.07) is 21.4. The van der Waals surface area contributed by atoms with Crippen molar-refractivity contribution in [1.29, 1.82) is 0 Å². The number of aldehydes is 1. The minimum Gasteiger partial charge on any atom is -0.394 e. The molecule has 0 aliphatic carbocycles. The molecular weight excluding hydrogens is 308 g/mol. The van der Waals surface area contributed by atoms with Crippen LogP contribution >= 0.6 is 0 Å². The van der Waals surface area contributed by atoms with Gasteiger partial charge in [-0.3, -0.25) is 0 Å². The van der Waals surface area contributed by atoms with Gasteiger partial charge in [0.1, 0.15) is 18.3 Å². The standard InChI is InChI=1S/C14H10.C5H10O5/c1-3-7-13-11(5-1)9-10-12-6-2-4-8-14(12)13;6-1-3(8)5(10)4(9)2-7/h1-10H;1,3-5,7-10H,2H2. The predicted molar refractivity (Wildman–Crippen MR) is 92.6 cm³/mol. The molecule has 0 spiro atoms. The van der Waals surface area contributed by atoms with Crippen LogP contribution in [0.5, 0.6) is 0 Å². The molecule has 0 aromatic heterocycles. The molecule has 0 saturated heterocycles. The van der Waals surface area contributed by atoms with Gasteiger partial charge in [0, 0.05) is 0 Å². The highest BCUT2D eigenvalue weighted by molar-refractivity contribution is 6.07. The Balaban J connectivity index is 0.000000187. The van der Waals surface area contributed by atoms with Crippen molar-refractivity contribution in [2.24, 2.45) is 0 Å². The van der Waals surface area contributed by atoms with Crippen LogP contribution in [0.3, 0.4) is 0 Å². The lowest BCUT2D eigenvalue weighted by atomic mass is 10.0. The van der Waals surface area contributed by atoms with Crippen LogP contribution in [0.4, 0.5) is 0 Å². The summed E-state index contributed by atoms with van der Waals surface area (Å²) in [6.07, 6.45) is -4.63. The summed E-state index contributed by atoms with van der Waals surface area (Å²) >= 11 is 0. The lowest BCUT2D eigenvalue weighted by Gasteiger charge is -2.16. The quantitative estimate of drug-likeness (QED) is 0.427. The average molecular weight is 328 g/mol. The van der Waals surface area contributed by atoms with Gasteiger partial charge < -0.3 is 25.2 Å². The number of aliphatic hydroxyl groups excluding tert-OH is 4. The maximum absolute atomic E-state index is 9.76. The number of fused-ring (bicyclic) bond motifs is 3. The third kappa shape index (κ3) is 4.15. The van der Waals surface area contributed by atoms with Crippen LogP contribution in [0, 0.1) is 0 Å². The molecule has 5 nitrogen and oxygen atoms in total. The number of benzene rings is 3. The molecule has 3 rings (SSSR count). The summed E-state index contributed by atoms with van der Waals surface area (Å²) < 4.78 is 0. The molecule has 0 heterocycles. The van der Waals surface area contributed by atoms with E-state index in [9.17, 15) is 4.79 Å². The second-order valence-electron chi connectivity index (χ2n) is 5.38. The van der Waals surface area contributed by atoms with Gasteiger partial charge in [-0.25, -0.2) is 0 Å².